The smallest absolute Gasteiger partial charge is 0.246 e. The van der Waals surface area contributed by atoms with Crippen LogP contribution in [0.2, 0.25) is 5.02 Å². The van der Waals surface area contributed by atoms with Crippen LogP contribution in [0.25, 0.3) is 10.4 Å². The lowest BCUT2D eigenvalue weighted by Crippen LogP contribution is -2.59. The highest BCUT2D eigenvalue weighted by molar-refractivity contribution is 7.92. The van der Waals surface area contributed by atoms with Crippen molar-refractivity contribution in [3.8, 4) is 16.2 Å². The average Bonchev–Trinajstić information content (AvgIpc) is 4.00. The van der Waals surface area contributed by atoms with Crippen LogP contribution in [0.5, 0.6) is 5.75 Å². The van der Waals surface area contributed by atoms with Gasteiger partial charge in [0.2, 0.25) is 33.7 Å². The summed E-state index contributed by atoms with van der Waals surface area (Å²) < 4.78 is 31.6. The van der Waals surface area contributed by atoms with Gasteiger partial charge in [0, 0.05) is 83.6 Å². The minimum atomic E-state index is -3.52. The summed E-state index contributed by atoms with van der Waals surface area (Å²) in [5, 5.41) is 23.3. The molecule has 22 heteroatoms. The molecule has 0 aliphatic carbocycles. The van der Waals surface area contributed by atoms with Gasteiger partial charge in [-0.3, -0.25) is 28.5 Å². The van der Waals surface area contributed by atoms with E-state index >= 15 is 0 Å². The number of anilines is 6. The van der Waals surface area contributed by atoms with Gasteiger partial charge < -0.3 is 40.9 Å². The van der Waals surface area contributed by atoms with Crippen LogP contribution in [0.1, 0.15) is 51.3 Å². The van der Waals surface area contributed by atoms with Crippen LogP contribution >= 0.6 is 22.9 Å². The van der Waals surface area contributed by atoms with Crippen LogP contribution < -0.4 is 35.2 Å². The van der Waals surface area contributed by atoms with Gasteiger partial charge in [0.1, 0.15) is 22.9 Å². The molecule has 3 aromatic carbocycles. The van der Waals surface area contributed by atoms with Crippen LogP contribution in [-0.4, -0.2) is 158 Å². The number of aryl methyl sites for hydroxylation is 1. The zero-order valence-corrected chi connectivity index (χ0v) is 45.4. The first-order valence-corrected chi connectivity index (χ1v) is 27.9. The number of β-amino-alcohol motifs (C(OH)–C–C–N with tert-alkyl or cyclic N) is 1. The van der Waals surface area contributed by atoms with Gasteiger partial charge in [0.25, 0.3) is 0 Å². The lowest BCUT2D eigenvalue weighted by Gasteiger charge is -2.43. The minimum absolute atomic E-state index is 0.0112. The topological polar surface area (TPSA) is 218 Å². The quantitative estimate of drug-likeness (QED) is 0.0738. The molecule has 0 radical (unpaired) electrons. The fourth-order valence-electron chi connectivity index (χ4n) is 9.74. The molecule has 5 heterocycles. The molecule has 8 rings (SSSR count). The number of hydrogen-bond acceptors (Lipinski definition) is 16. The van der Waals surface area contributed by atoms with E-state index in [1.807, 2.05) is 75.7 Å². The molecular formula is C52H67ClN12O7S2. The number of para-hydroxylation sites is 2. The SMILES string of the molecule is COc1cc(N2CCC(N3CCN(CC(=O)N[C@H](C(=O)N4C[C@H](O)C[C@@H]4C(=O)NCc4ccc(-c5scnc5C)cc4)C(C)(C)C)CC3)CC2)ccc1Nc1ncc(Cl)c(Nc2ccccc2N(C)S(C)(=O)=O)n1. The number of thiazole rings is 1. The lowest BCUT2D eigenvalue weighted by molar-refractivity contribution is -0.144. The molecule has 0 spiro atoms. The Morgan fingerprint density at radius 2 is 1.68 bits per heavy atom. The van der Waals surface area contributed by atoms with Gasteiger partial charge >= 0.3 is 0 Å². The van der Waals surface area contributed by atoms with Crippen LogP contribution in [0, 0.1) is 12.3 Å². The van der Waals surface area contributed by atoms with Crippen LogP contribution in [0.15, 0.2) is 78.4 Å². The number of amides is 3. The van der Waals surface area contributed by atoms with E-state index in [2.05, 4.69) is 50.9 Å². The van der Waals surface area contributed by atoms with Crippen molar-refractivity contribution in [2.45, 2.75) is 77.7 Å². The fourth-order valence-corrected chi connectivity index (χ4v) is 11.2. The number of methoxy groups -OCH3 is 1. The maximum Gasteiger partial charge on any atom is 0.246 e. The molecule has 5 N–H and O–H groups in total. The second kappa shape index (κ2) is 23.2. The van der Waals surface area contributed by atoms with E-state index in [4.69, 9.17) is 16.3 Å². The van der Waals surface area contributed by atoms with E-state index in [1.54, 1.807) is 42.7 Å². The Morgan fingerprint density at radius 3 is 2.34 bits per heavy atom. The summed E-state index contributed by atoms with van der Waals surface area (Å²) in [7, 11) is -0.435. The van der Waals surface area contributed by atoms with Gasteiger partial charge in [-0.1, -0.05) is 68.8 Å². The van der Waals surface area contributed by atoms with Crippen molar-refractivity contribution < 1.29 is 32.6 Å². The molecule has 2 aromatic heterocycles. The summed E-state index contributed by atoms with van der Waals surface area (Å²) in [4.78, 5) is 64.3. The van der Waals surface area contributed by atoms with E-state index in [-0.39, 0.29) is 60.6 Å². The van der Waals surface area contributed by atoms with E-state index in [0.717, 1.165) is 72.7 Å². The molecule has 0 saturated carbocycles. The number of aromatic nitrogens is 3. The van der Waals surface area contributed by atoms with Crippen molar-refractivity contribution in [3.63, 3.8) is 0 Å². The second-order valence-electron chi connectivity index (χ2n) is 20.2. The number of halogens is 1. The number of carbonyl (C=O) groups is 3. The number of aliphatic hydroxyl groups excluding tert-OH is 1. The Hall–Kier alpha value is -6.10. The van der Waals surface area contributed by atoms with Gasteiger partial charge in [-0.15, -0.1) is 11.3 Å². The normalized spacial score (nSPS) is 18.4. The maximum atomic E-state index is 14.2. The zero-order chi connectivity index (χ0) is 52.9. The lowest BCUT2D eigenvalue weighted by atomic mass is 9.85. The first-order chi connectivity index (χ1) is 35.2. The monoisotopic (exact) mass is 1070 g/mol. The summed E-state index contributed by atoms with van der Waals surface area (Å²) in [6.07, 6.45) is 3.81. The average molecular weight is 1070 g/mol. The van der Waals surface area contributed by atoms with Gasteiger partial charge in [0.05, 0.1) is 65.4 Å². The van der Waals surface area contributed by atoms with Crippen molar-refractivity contribution >= 4 is 85.2 Å². The van der Waals surface area contributed by atoms with Crippen molar-refractivity contribution in [3.05, 3.63) is 94.7 Å². The molecule has 0 unspecified atom stereocenters. The number of likely N-dealkylation sites (tertiary alicyclic amines) is 1. The molecule has 3 amide bonds. The summed E-state index contributed by atoms with van der Waals surface area (Å²) in [5.74, 6) is 0.174. The minimum Gasteiger partial charge on any atom is -0.494 e. The summed E-state index contributed by atoms with van der Waals surface area (Å²) in [5.41, 5.74) is 6.70. The zero-order valence-electron chi connectivity index (χ0n) is 43.0. The number of aliphatic hydroxyl groups is 1. The molecule has 19 nitrogen and oxygen atoms in total. The first-order valence-electron chi connectivity index (χ1n) is 24.8. The molecule has 3 atom stereocenters. The third kappa shape index (κ3) is 13.0. The number of hydrogen-bond donors (Lipinski definition) is 5. The van der Waals surface area contributed by atoms with E-state index < -0.39 is 33.6 Å². The van der Waals surface area contributed by atoms with Gasteiger partial charge in [0.15, 0.2) is 5.82 Å². The van der Waals surface area contributed by atoms with Crippen molar-refractivity contribution in [1.29, 1.82) is 0 Å². The Balaban J connectivity index is 0.798. The Labute approximate surface area is 442 Å². The van der Waals surface area contributed by atoms with Crippen molar-refractivity contribution in [2.75, 3.05) is 92.6 Å². The standard InChI is InChI=1S/C52H67ClN12O7S2/c1-33-46(73-32-56-33)35-14-12-34(13-15-35)28-54-49(68)43-27-38(66)30-65(43)50(69)47(52(2,3)4)59-45(67)31-62-22-24-64(25-23-62)36-18-20-63(21-19-36)37-16-17-41(44(26-37)72-6)58-51-55-29-39(53)48(60-51)57-40-10-8-9-11-42(40)61(5)74(7,70)71/h8-17,26,29,32,36,38,43,47,66H,18-25,27-28,30-31H2,1-7H3,(H,54,68)(H,59,67)(H2,55,57,58,60)/t38-,43-,47-/m1/s1. The molecule has 396 valence electrons. The van der Waals surface area contributed by atoms with E-state index in [1.165, 1.54) is 22.4 Å². The number of rotatable bonds is 17. The third-order valence-electron chi connectivity index (χ3n) is 14.0. The highest BCUT2D eigenvalue weighted by atomic mass is 35.5. The predicted octanol–water partition coefficient (Wildman–Crippen LogP) is 5.85. The van der Waals surface area contributed by atoms with Crippen molar-refractivity contribution in [1.82, 2.24) is 40.3 Å². The van der Waals surface area contributed by atoms with Crippen LogP contribution in [-0.2, 0) is 31.0 Å². The molecule has 3 saturated heterocycles. The maximum absolute atomic E-state index is 14.2. The van der Waals surface area contributed by atoms with Crippen LogP contribution in [0.3, 0.4) is 0 Å². The third-order valence-corrected chi connectivity index (χ3v) is 16.4. The summed E-state index contributed by atoms with van der Waals surface area (Å²) in [6, 6.07) is 19.5. The number of nitrogens with zero attached hydrogens (tertiary/aromatic N) is 8. The van der Waals surface area contributed by atoms with Gasteiger partial charge in [-0.25, -0.2) is 18.4 Å². The first kappa shape index (κ1) is 54.2. The molecule has 3 aliphatic heterocycles. The Kier molecular flexibility index (Phi) is 17.0. The van der Waals surface area contributed by atoms with Gasteiger partial charge in [-0.2, -0.15) is 4.98 Å². The molecule has 74 heavy (non-hydrogen) atoms. The number of piperazine rings is 1. The number of piperidine rings is 1. The Morgan fingerprint density at radius 1 is 0.959 bits per heavy atom. The van der Waals surface area contributed by atoms with Crippen LogP contribution in [0.4, 0.5) is 34.5 Å². The molecular weight excluding hydrogens is 1000 g/mol. The molecule has 3 fully saturated rings. The number of sulfonamides is 1. The number of nitrogens with one attached hydrogen (secondary N) is 4. The number of carbonyl (C=O) groups excluding carboxylic acids is 3. The number of ether oxygens (including phenoxy) is 1. The Bertz CT molecular complexity index is 2900. The predicted molar refractivity (Wildman–Crippen MR) is 291 cm³/mol. The second-order valence-corrected chi connectivity index (χ2v) is 23.5. The summed E-state index contributed by atoms with van der Waals surface area (Å²) in [6.45, 7) is 12.9. The van der Waals surface area contributed by atoms with Crippen molar-refractivity contribution in [2.24, 2.45) is 5.41 Å². The molecule has 0 bridgehead atoms. The van der Waals surface area contributed by atoms with E-state index in [0.29, 0.717) is 41.9 Å². The highest BCUT2D eigenvalue weighted by Gasteiger charge is 2.44. The fraction of sp³-hybridized carbons (Fsp3) is 0.462. The van der Waals surface area contributed by atoms with E-state index in [9.17, 15) is 27.9 Å². The summed E-state index contributed by atoms with van der Waals surface area (Å²) >= 11 is 8.07. The molecule has 5 aromatic rings. The molecule has 3 aliphatic rings. The highest BCUT2D eigenvalue weighted by Crippen LogP contribution is 2.36. The van der Waals surface area contributed by atoms with Gasteiger partial charge in [-0.05, 0) is 60.6 Å². The number of benzene rings is 3. The largest absolute Gasteiger partial charge is 0.494 e.